The van der Waals surface area contributed by atoms with Crippen LogP contribution in [-0.4, -0.2) is 24.9 Å². The van der Waals surface area contributed by atoms with Crippen molar-refractivity contribution >= 4 is 22.2 Å². The van der Waals surface area contributed by atoms with Crippen molar-refractivity contribution in [2.45, 2.75) is 86.0 Å². The summed E-state index contributed by atoms with van der Waals surface area (Å²) in [5.74, 6) is 2.12. The van der Waals surface area contributed by atoms with Crippen molar-refractivity contribution in [1.29, 1.82) is 0 Å². The van der Waals surface area contributed by atoms with Crippen molar-refractivity contribution in [3.05, 3.63) is 113 Å². The number of rotatable bonds is 4. The fourth-order valence-corrected chi connectivity index (χ4v) is 4.29. The second kappa shape index (κ2) is 17.2. The van der Waals surface area contributed by atoms with Crippen LogP contribution in [0.15, 0.2) is 84.9 Å². The second-order valence-electron chi connectivity index (χ2n) is 10.8. The molecule has 0 atom stereocenters. The van der Waals surface area contributed by atoms with Crippen LogP contribution in [0.3, 0.4) is 0 Å². The number of para-hydroxylation sites is 1. The van der Waals surface area contributed by atoms with Gasteiger partial charge in [-0.2, -0.15) is 0 Å². The van der Waals surface area contributed by atoms with Crippen LogP contribution in [0.1, 0.15) is 107 Å². The van der Waals surface area contributed by atoms with E-state index >= 15 is 0 Å². The SMILES string of the molecule is CC(C)c1ccc2ccccc2n1.CC(C)c1cnccn1.CC(C)c1nccs1.Cc1cccnc1C(C)C. The van der Waals surface area contributed by atoms with Gasteiger partial charge in [0.2, 0.25) is 0 Å². The number of benzene rings is 1. The molecule has 212 valence electrons. The van der Waals surface area contributed by atoms with Crippen LogP contribution in [-0.2, 0) is 0 Å². The molecule has 0 saturated heterocycles. The van der Waals surface area contributed by atoms with Crippen LogP contribution in [0.5, 0.6) is 0 Å². The van der Waals surface area contributed by atoms with Crippen LogP contribution < -0.4 is 0 Å². The van der Waals surface area contributed by atoms with E-state index < -0.39 is 0 Å². The molecule has 0 unspecified atom stereocenters. The minimum absolute atomic E-state index is 0.485. The van der Waals surface area contributed by atoms with Crippen molar-refractivity contribution in [3.8, 4) is 0 Å². The molecule has 0 aliphatic rings. The van der Waals surface area contributed by atoms with Gasteiger partial charge < -0.3 is 0 Å². The van der Waals surface area contributed by atoms with E-state index in [9.17, 15) is 0 Å². The molecule has 4 aromatic heterocycles. The maximum absolute atomic E-state index is 4.57. The fourth-order valence-electron chi connectivity index (χ4n) is 3.63. The molecule has 4 heterocycles. The molecule has 0 aliphatic heterocycles. The van der Waals surface area contributed by atoms with Crippen molar-refractivity contribution in [2.75, 3.05) is 0 Å². The molecule has 0 aliphatic carbocycles. The molecule has 5 rings (SSSR count). The highest BCUT2D eigenvalue weighted by Gasteiger charge is 2.02. The van der Waals surface area contributed by atoms with Crippen LogP contribution in [0.25, 0.3) is 10.9 Å². The maximum Gasteiger partial charge on any atom is 0.0950 e. The largest absolute Gasteiger partial charge is 0.261 e. The molecule has 0 radical (unpaired) electrons. The lowest BCUT2D eigenvalue weighted by molar-refractivity contribution is 0.811. The number of pyridine rings is 2. The molecule has 0 fully saturated rings. The minimum Gasteiger partial charge on any atom is -0.261 e. The Balaban J connectivity index is 0.000000190. The summed E-state index contributed by atoms with van der Waals surface area (Å²) in [6.45, 7) is 19.3. The summed E-state index contributed by atoms with van der Waals surface area (Å²) < 4.78 is 0. The molecule has 0 amide bonds. The number of aryl methyl sites for hydroxylation is 1. The normalized spacial score (nSPS) is 10.5. The van der Waals surface area contributed by atoms with Gasteiger partial charge in [-0.3, -0.25) is 19.9 Å². The molecule has 5 aromatic rings. The Kier molecular flexibility index (Phi) is 14.1. The van der Waals surface area contributed by atoms with E-state index in [4.69, 9.17) is 0 Å². The quantitative estimate of drug-likeness (QED) is 0.221. The van der Waals surface area contributed by atoms with Crippen molar-refractivity contribution in [2.24, 2.45) is 0 Å². The Morgan fingerprint density at radius 3 is 1.80 bits per heavy atom. The van der Waals surface area contributed by atoms with Gasteiger partial charge in [0.05, 0.1) is 16.2 Å². The van der Waals surface area contributed by atoms with Gasteiger partial charge in [-0.05, 0) is 48.4 Å². The number of nitrogens with zero attached hydrogens (tertiary/aromatic N) is 5. The summed E-state index contributed by atoms with van der Waals surface area (Å²) in [5.41, 5.74) is 5.81. The molecule has 0 N–H and O–H groups in total. The predicted molar refractivity (Wildman–Crippen MR) is 171 cm³/mol. The number of aromatic nitrogens is 5. The third-order valence-electron chi connectivity index (χ3n) is 5.93. The Bertz CT molecular complexity index is 1360. The molecule has 5 nitrogen and oxygen atoms in total. The lowest BCUT2D eigenvalue weighted by Crippen LogP contribution is -1.94. The molecule has 6 heteroatoms. The monoisotopic (exact) mass is 555 g/mol. The van der Waals surface area contributed by atoms with Gasteiger partial charge in [-0.1, -0.05) is 85.7 Å². The van der Waals surface area contributed by atoms with E-state index in [1.807, 2.05) is 36.0 Å². The predicted octanol–water partition coefficient (Wildman–Crippen LogP) is 9.74. The first-order valence-corrected chi connectivity index (χ1v) is 14.9. The third-order valence-corrected chi connectivity index (χ3v) is 7.00. The fraction of sp³-hybridized carbons (Fsp3) is 0.382. The van der Waals surface area contributed by atoms with Gasteiger partial charge in [-0.25, -0.2) is 4.98 Å². The Labute approximate surface area is 245 Å². The van der Waals surface area contributed by atoms with Crippen LogP contribution in [0, 0.1) is 6.92 Å². The molecule has 0 saturated carbocycles. The first kappa shape index (κ1) is 32.7. The summed E-state index contributed by atoms with van der Waals surface area (Å²) >= 11 is 1.72. The number of hydrogen-bond acceptors (Lipinski definition) is 6. The second-order valence-corrected chi connectivity index (χ2v) is 11.7. The molecular weight excluding hydrogens is 510 g/mol. The van der Waals surface area contributed by atoms with E-state index in [1.54, 1.807) is 29.9 Å². The van der Waals surface area contributed by atoms with E-state index in [0.717, 1.165) is 11.2 Å². The summed E-state index contributed by atoms with van der Waals surface area (Å²) in [5, 5.41) is 4.45. The Morgan fingerprint density at radius 2 is 1.32 bits per heavy atom. The maximum atomic E-state index is 4.57. The number of fused-ring (bicyclic) bond motifs is 1. The molecule has 0 bridgehead atoms. The summed E-state index contributed by atoms with van der Waals surface area (Å²) in [6.07, 6.45) is 8.90. The highest BCUT2D eigenvalue weighted by atomic mass is 32.1. The first-order chi connectivity index (χ1) is 19.1. The van der Waals surface area contributed by atoms with Gasteiger partial charge >= 0.3 is 0 Å². The van der Waals surface area contributed by atoms with E-state index in [1.165, 1.54) is 27.3 Å². The zero-order valence-corrected chi connectivity index (χ0v) is 26.4. The summed E-state index contributed by atoms with van der Waals surface area (Å²) in [4.78, 5) is 21.0. The van der Waals surface area contributed by atoms with E-state index in [2.05, 4.69) is 118 Å². The average molecular weight is 556 g/mol. The van der Waals surface area contributed by atoms with E-state index in [-0.39, 0.29) is 0 Å². The summed E-state index contributed by atoms with van der Waals surface area (Å²) in [6, 6.07) is 16.5. The molecule has 1 aromatic carbocycles. The average Bonchev–Trinajstić information content (AvgIpc) is 3.50. The highest BCUT2D eigenvalue weighted by Crippen LogP contribution is 2.17. The lowest BCUT2D eigenvalue weighted by Gasteiger charge is -2.05. The van der Waals surface area contributed by atoms with Crippen molar-refractivity contribution in [3.63, 3.8) is 0 Å². The summed E-state index contributed by atoms with van der Waals surface area (Å²) in [7, 11) is 0. The molecular formula is C34H45N5S. The number of thiazole rings is 1. The zero-order valence-electron chi connectivity index (χ0n) is 25.5. The first-order valence-electron chi connectivity index (χ1n) is 14.0. The topological polar surface area (TPSA) is 64.5 Å². The molecule has 40 heavy (non-hydrogen) atoms. The van der Waals surface area contributed by atoms with E-state index in [0.29, 0.717) is 23.7 Å². The standard InChI is InChI=1S/C12H13N.C9H13N.C7H10N2.C6H9NS/c1-9(2)11-8-7-10-5-3-4-6-12(10)13-11;1-7(2)9-8(3)5-4-6-10-9;1-6(2)7-5-8-3-4-9-7;1-5(2)6-7-3-4-8-6/h3-9H,1-2H3;4-7H,1-3H3;3-6H,1-2H3;3-5H,1-2H3. The molecule has 0 spiro atoms. The van der Waals surface area contributed by atoms with Crippen molar-refractivity contribution < 1.29 is 0 Å². The van der Waals surface area contributed by atoms with Gasteiger partial charge in [0.15, 0.2) is 0 Å². The minimum atomic E-state index is 0.485. The van der Waals surface area contributed by atoms with Gasteiger partial charge in [0, 0.05) is 59.1 Å². The van der Waals surface area contributed by atoms with Crippen LogP contribution >= 0.6 is 11.3 Å². The van der Waals surface area contributed by atoms with Crippen LogP contribution in [0.2, 0.25) is 0 Å². The van der Waals surface area contributed by atoms with Gasteiger partial charge in [0.25, 0.3) is 0 Å². The smallest absolute Gasteiger partial charge is 0.0950 e. The lowest BCUT2D eigenvalue weighted by atomic mass is 10.1. The zero-order chi connectivity index (χ0) is 29.5. The van der Waals surface area contributed by atoms with Gasteiger partial charge in [0.1, 0.15) is 0 Å². The Morgan fingerprint density at radius 1 is 0.600 bits per heavy atom. The van der Waals surface area contributed by atoms with Crippen LogP contribution in [0.4, 0.5) is 0 Å². The Hall–Kier alpha value is -3.51. The third kappa shape index (κ3) is 11.3. The highest BCUT2D eigenvalue weighted by molar-refractivity contribution is 7.09. The number of hydrogen-bond donors (Lipinski definition) is 0. The van der Waals surface area contributed by atoms with Gasteiger partial charge in [-0.15, -0.1) is 11.3 Å². The van der Waals surface area contributed by atoms with Crippen molar-refractivity contribution in [1.82, 2.24) is 24.9 Å².